The van der Waals surface area contributed by atoms with Crippen LogP contribution in [-0.2, 0) is 0 Å². The Bertz CT molecular complexity index is 731. The fourth-order valence-electron chi connectivity index (χ4n) is 3.61. The van der Waals surface area contributed by atoms with E-state index in [0.29, 0.717) is 23.6 Å². The molecule has 2 N–H and O–H groups in total. The second kappa shape index (κ2) is 7.76. The lowest BCUT2D eigenvalue weighted by molar-refractivity contribution is 0.102. The Labute approximate surface area is 153 Å². The van der Waals surface area contributed by atoms with Crippen LogP contribution in [-0.4, -0.2) is 40.3 Å². The van der Waals surface area contributed by atoms with Crippen molar-refractivity contribution in [1.29, 1.82) is 0 Å². The number of anilines is 2. The van der Waals surface area contributed by atoms with Crippen LogP contribution in [0.1, 0.15) is 55.3 Å². The third kappa shape index (κ3) is 3.98. The number of carbonyl (C=O) groups is 1. The second-order valence-electron chi connectivity index (χ2n) is 7.03. The van der Waals surface area contributed by atoms with E-state index in [2.05, 4.69) is 25.4 Å². The number of rotatable bonds is 5. The van der Waals surface area contributed by atoms with Crippen LogP contribution in [0.5, 0.6) is 5.75 Å². The van der Waals surface area contributed by atoms with Gasteiger partial charge in [0.15, 0.2) is 0 Å². The van der Waals surface area contributed by atoms with Crippen molar-refractivity contribution in [2.75, 3.05) is 23.3 Å². The summed E-state index contributed by atoms with van der Waals surface area (Å²) in [6.45, 7) is 1.93. The first-order valence-corrected chi connectivity index (χ1v) is 9.53. The quantitative estimate of drug-likeness (QED) is 0.859. The topological polar surface area (TPSA) is 83.1 Å². The van der Waals surface area contributed by atoms with Crippen LogP contribution in [0.25, 0.3) is 0 Å². The predicted molar refractivity (Wildman–Crippen MR) is 99.7 cm³/mol. The average molecular weight is 355 g/mol. The summed E-state index contributed by atoms with van der Waals surface area (Å²) in [6.07, 6.45) is 8.60. The van der Waals surface area contributed by atoms with Crippen LogP contribution >= 0.6 is 0 Å². The van der Waals surface area contributed by atoms with Gasteiger partial charge in [-0.15, -0.1) is 5.10 Å². The fraction of sp³-hybridized carbons (Fsp3) is 0.526. The Hall–Kier alpha value is -2.57. The second-order valence-corrected chi connectivity index (χ2v) is 7.03. The molecule has 4 rings (SSSR count). The van der Waals surface area contributed by atoms with E-state index < -0.39 is 0 Å². The van der Waals surface area contributed by atoms with Gasteiger partial charge in [0.05, 0.1) is 6.10 Å². The largest absolute Gasteiger partial charge is 0.490 e. The number of hydrogen-bond donors (Lipinski definition) is 2. The van der Waals surface area contributed by atoms with Crippen molar-refractivity contribution >= 4 is 17.8 Å². The summed E-state index contributed by atoms with van der Waals surface area (Å²) in [7, 11) is 0. The molecule has 26 heavy (non-hydrogen) atoms. The number of benzene rings is 1. The number of ether oxygens (including phenoxy) is 1. The molecule has 2 heterocycles. The lowest BCUT2D eigenvalue weighted by Crippen LogP contribution is -2.30. The Morgan fingerprint density at radius 3 is 2.54 bits per heavy atom. The van der Waals surface area contributed by atoms with Crippen LogP contribution in [0.4, 0.5) is 11.9 Å². The summed E-state index contributed by atoms with van der Waals surface area (Å²) in [6, 6.07) is 7.27. The first-order valence-electron chi connectivity index (χ1n) is 9.53. The number of nitrogens with zero attached hydrogens (tertiary/aromatic N) is 3. The minimum Gasteiger partial charge on any atom is -0.490 e. The maximum absolute atomic E-state index is 12.4. The number of amides is 1. The molecule has 1 aliphatic heterocycles. The Kier molecular flexibility index (Phi) is 5.04. The molecule has 7 heteroatoms. The maximum Gasteiger partial charge on any atom is 0.258 e. The van der Waals surface area contributed by atoms with Crippen molar-refractivity contribution in [2.45, 2.75) is 51.0 Å². The van der Waals surface area contributed by atoms with E-state index in [1.165, 1.54) is 19.3 Å². The number of H-pyrrole nitrogens is 1. The molecule has 1 saturated heterocycles. The van der Waals surface area contributed by atoms with Gasteiger partial charge in [0.2, 0.25) is 11.9 Å². The molecule has 2 fully saturated rings. The van der Waals surface area contributed by atoms with E-state index in [1.54, 1.807) is 12.1 Å². The molecular weight excluding hydrogens is 330 g/mol. The molecule has 0 atom stereocenters. The monoisotopic (exact) mass is 355 g/mol. The number of hydrogen-bond acceptors (Lipinski definition) is 5. The molecule has 138 valence electrons. The van der Waals surface area contributed by atoms with Gasteiger partial charge in [0.25, 0.3) is 5.91 Å². The predicted octanol–water partition coefficient (Wildman–Crippen LogP) is 3.37. The number of piperidine rings is 1. The highest BCUT2D eigenvalue weighted by Gasteiger charge is 2.18. The molecule has 1 saturated carbocycles. The van der Waals surface area contributed by atoms with Gasteiger partial charge in [0.1, 0.15) is 5.75 Å². The van der Waals surface area contributed by atoms with Crippen LogP contribution < -0.4 is 15.0 Å². The molecule has 1 aromatic carbocycles. The summed E-state index contributed by atoms with van der Waals surface area (Å²) in [5.41, 5.74) is 0.569. The molecule has 7 nitrogen and oxygen atoms in total. The maximum atomic E-state index is 12.4. The van der Waals surface area contributed by atoms with Gasteiger partial charge in [-0.25, -0.2) is 5.10 Å². The van der Waals surface area contributed by atoms with Crippen LogP contribution in [0.15, 0.2) is 24.3 Å². The number of aromatic amines is 1. The molecule has 1 aliphatic carbocycles. The highest BCUT2D eigenvalue weighted by molar-refractivity contribution is 6.03. The van der Waals surface area contributed by atoms with Gasteiger partial charge in [-0.1, -0.05) is 0 Å². The lowest BCUT2D eigenvalue weighted by Gasteiger charge is -2.24. The van der Waals surface area contributed by atoms with Crippen molar-refractivity contribution in [3.8, 4) is 5.75 Å². The lowest BCUT2D eigenvalue weighted by atomic mass is 10.1. The summed E-state index contributed by atoms with van der Waals surface area (Å²) in [5, 5.41) is 9.79. The van der Waals surface area contributed by atoms with Crippen molar-refractivity contribution in [3.63, 3.8) is 0 Å². The van der Waals surface area contributed by atoms with E-state index in [-0.39, 0.29) is 5.91 Å². The van der Waals surface area contributed by atoms with E-state index >= 15 is 0 Å². The van der Waals surface area contributed by atoms with Gasteiger partial charge in [-0.3, -0.25) is 10.1 Å². The number of nitrogens with one attached hydrogen (secondary N) is 2. The zero-order valence-electron chi connectivity index (χ0n) is 14.9. The van der Waals surface area contributed by atoms with E-state index in [4.69, 9.17) is 4.74 Å². The van der Waals surface area contributed by atoms with Crippen LogP contribution in [0.2, 0.25) is 0 Å². The van der Waals surface area contributed by atoms with Gasteiger partial charge >= 0.3 is 0 Å². The van der Waals surface area contributed by atoms with Crippen molar-refractivity contribution in [2.24, 2.45) is 0 Å². The van der Waals surface area contributed by atoms with Crippen molar-refractivity contribution < 1.29 is 9.53 Å². The highest BCUT2D eigenvalue weighted by atomic mass is 16.5. The molecule has 0 unspecified atom stereocenters. The van der Waals surface area contributed by atoms with Gasteiger partial charge < -0.3 is 9.64 Å². The smallest absolute Gasteiger partial charge is 0.258 e. The highest BCUT2D eigenvalue weighted by Crippen LogP contribution is 2.24. The zero-order chi connectivity index (χ0) is 17.8. The molecule has 2 aromatic rings. The first kappa shape index (κ1) is 16.9. The Morgan fingerprint density at radius 1 is 1.08 bits per heavy atom. The standard InChI is InChI=1S/C19H25N5O2/c25-17(14-8-10-16(11-9-14)26-15-6-2-3-7-15)20-18-21-19(23-22-18)24-12-4-1-5-13-24/h8-11,15H,1-7,12-13H2,(H2,20,21,22,23,25). The third-order valence-corrected chi connectivity index (χ3v) is 5.07. The summed E-state index contributed by atoms with van der Waals surface area (Å²) in [5.74, 6) is 1.64. The minimum absolute atomic E-state index is 0.209. The molecule has 0 spiro atoms. The molecule has 2 aliphatic rings. The molecule has 0 bridgehead atoms. The van der Waals surface area contributed by atoms with Gasteiger partial charge in [0, 0.05) is 18.7 Å². The first-order chi connectivity index (χ1) is 12.8. The molecular formula is C19H25N5O2. The van der Waals surface area contributed by atoms with Crippen LogP contribution in [0.3, 0.4) is 0 Å². The molecule has 1 aromatic heterocycles. The average Bonchev–Trinajstić information content (AvgIpc) is 3.35. The molecule has 1 amide bonds. The van der Waals surface area contributed by atoms with E-state index in [0.717, 1.165) is 44.5 Å². The summed E-state index contributed by atoms with van der Waals surface area (Å²) >= 11 is 0. The SMILES string of the molecule is O=C(Nc1nc(N2CCCCC2)n[nH]1)c1ccc(OC2CCCC2)cc1. The Morgan fingerprint density at radius 2 is 1.81 bits per heavy atom. The minimum atomic E-state index is -0.209. The van der Waals surface area contributed by atoms with Crippen LogP contribution in [0, 0.1) is 0 Å². The number of carbonyl (C=O) groups excluding carboxylic acids is 1. The van der Waals surface area contributed by atoms with Crippen molar-refractivity contribution in [1.82, 2.24) is 15.2 Å². The van der Waals surface area contributed by atoms with E-state index in [9.17, 15) is 4.79 Å². The normalized spacial score (nSPS) is 18.1. The zero-order valence-corrected chi connectivity index (χ0v) is 14.9. The van der Waals surface area contributed by atoms with E-state index in [1.807, 2.05) is 12.1 Å². The van der Waals surface area contributed by atoms with Crippen molar-refractivity contribution in [3.05, 3.63) is 29.8 Å². The summed E-state index contributed by atoms with van der Waals surface area (Å²) in [4.78, 5) is 18.9. The molecule has 0 radical (unpaired) electrons. The van der Waals surface area contributed by atoms with Gasteiger partial charge in [-0.2, -0.15) is 4.98 Å². The summed E-state index contributed by atoms with van der Waals surface area (Å²) < 4.78 is 5.93. The number of aromatic nitrogens is 3. The fourth-order valence-corrected chi connectivity index (χ4v) is 3.61. The van der Waals surface area contributed by atoms with Gasteiger partial charge in [-0.05, 0) is 69.2 Å². The Balaban J connectivity index is 1.34. The third-order valence-electron chi connectivity index (χ3n) is 5.07.